The summed E-state index contributed by atoms with van der Waals surface area (Å²) in [5.74, 6) is -1.12. The van der Waals surface area contributed by atoms with Crippen molar-refractivity contribution >= 4 is 45.2 Å². The van der Waals surface area contributed by atoms with Crippen molar-refractivity contribution in [2.75, 3.05) is 5.73 Å². The Morgan fingerprint density at radius 3 is 2.80 bits per heavy atom. The highest BCUT2D eigenvalue weighted by molar-refractivity contribution is 7.23. The van der Waals surface area contributed by atoms with E-state index in [1.54, 1.807) is 6.07 Å². The largest absolute Gasteiger partial charge is 0.476 e. The van der Waals surface area contributed by atoms with E-state index in [2.05, 4.69) is 4.98 Å². The molecule has 2 heterocycles. The fourth-order valence-electron chi connectivity index (χ4n) is 1.03. The Kier molecular flexibility index (Phi) is 2.64. The number of aromatic carboxylic acids is 1. The maximum Gasteiger partial charge on any atom is 0.357 e. The van der Waals surface area contributed by atoms with Crippen molar-refractivity contribution < 1.29 is 9.90 Å². The molecular weight excluding hydrogens is 256 g/mol. The second-order valence-corrected chi connectivity index (χ2v) is 4.99. The summed E-state index contributed by atoms with van der Waals surface area (Å²) in [6.45, 7) is 0. The van der Waals surface area contributed by atoms with Gasteiger partial charge >= 0.3 is 5.97 Å². The van der Waals surface area contributed by atoms with Gasteiger partial charge in [0, 0.05) is 0 Å². The number of nitrogens with two attached hydrogens (primary N) is 1. The third-order valence-corrected chi connectivity index (χ3v) is 4.05. The second kappa shape index (κ2) is 3.80. The van der Waals surface area contributed by atoms with Gasteiger partial charge in [0.25, 0.3) is 0 Å². The number of carboxylic acid groups (broad SMARTS) is 1. The van der Waals surface area contributed by atoms with Crippen molar-refractivity contribution in [2.45, 2.75) is 0 Å². The van der Waals surface area contributed by atoms with Gasteiger partial charge in [-0.2, -0.15) is 0 Å². The molecule has 0 aliphatic heterocycles. The second-order valence-electron chi connectivity index (χ2n) is 2.63. The SMILES string of the molecule is Nc1sc(-c2sccc2Cl)nc1C(=O)O. The number of anilines is 1. The molecule has 0 aliphatic carbocycles. The van der Waals surface area contributed by atoms with Crippen molar-refractivity contribution in [1.82, 2.24) is 4.98 Å². The lowest BCUT2D eigenvalue weighted by Crippen LogP contribution is -2.00. The molecule has 0 atom stereocenters. The Morgan fingerprint density at radius 1 is 1.60 bits per heavy atom. The molecule has 2 aromatic rings. The van der Waals surface area contributed by atoms with Crippen LogP contribution in [0.2, 0.25) is 5.02 Å². The molecule has 0 aliphatic rings. The number of rotatable bonds is 2. The van der Waals surface area contributed by atoms with Crippen LogP contribution in [0.15, 0.2) is 11.4 Å². The lowest BCUT2D eigenvalue weighted by atomic mass is 10.4. The van der Waals surface area contributed by atoms with E-state index in [9.17, 15) is 4.79 Å². The van der Waals surface area contributed by atoms with E-state index in [0.29, 0.717) is 10.0 Å². The van der Waals surface area contributed by atoms with Crippen molar-refractivity contribution in [3.05, 3.63) is 22.2 Å². The maximum atomic E-state index is 10.7. The Labute approximate surface area is 98.0 Å². The summed E-state index contributed by atoms with van der Waals surface area (Å²) in [6, 6.07) is 1.74. The van der Waals surface area contributed by atoms with Gasteiger partial charge in [-0.1, -0.05) is 22.9 Å². The molecule has 0 fully saturated rings. The van der Waals surface area contributed by atoms with Gasteiger partial charge in [0.05, 0.1) is 9.90 Å². The number of carboxylic acids is 1. The number of thiophene rings is 1. The molecule has 0 aromatic carbocycles. The summed E-state index contributed by atoms with van der Waals surface area (Å²) < 4.78 is 0. The molecule has 2 rings (SSSR count). The first kappa shape index (κ1) is 10.4. The third-order valence-electron chi connectivity index (χ3n) is 1.67. The monoisotopic (exact) mass is 260 g/mol. The number of hydrogen-bond acceptors (Lipinski definition) is 5. The highest BCUT2D eigenvalue weighted by atomic mass is 35.5. The molecule has 0 saturated carbocycles. The summed E-state index contributed by atoms with van der Waals surface area (Å²) in [5, 5.41) is 11.9. The number of carbonyl (C=O) groups is 1. The topological polar surface area (TPSA) is 76.2 Å². The average Bonchev–Trinajstić information content (AvgIpc) is 2.71. The summed E-state index contributed by atoms with van der Waals surface area (Å²) in [5.41, 5.74) is 5.42. The van der Waals surface area contributed by atoms with E-state index in [-0.39, 0.29) is 10.7 Å². The summed E-state index contributed by atoms with van der Waals surface area (Å²) >= 11 is 8.43. The normalized spacial score (nSPS) is 10.5. The fourth-order valence-corrected chi connectivity index (χ4v) is 3.16. The Morgan fingerprint density at radius 2 is 2.33 bits per heavy atom. The summed E-state index contributed by atoms with van der Waals surface area (Å²) in [4.78, 5) is 15.4. The van der Waals surface area contributed by atoms with Crippen molar-refractivity contribution in [2.24, 2.45) is 0 Å². The van der Waals surface area contributed by atoms with Gasteiger partial charge < -0.3 is 10.8 Å². The lowest BCUT2D eigenvalue weighted by molar-refractivity contribution is 0.0692. The van der Waals surface area contributed by atoms with Crippen LogP contribution in [-0.4, -0.2) is 16.1 Å². The molecule has 0 spiro atoms. The van der Waals surface area contributed by atoms with Gasteiger partial charge in [-0.15, -0.1) is 11.3 Å². The van der Waals surface area contributed by atoms with Gasteiger partial charge in [0.1, 0.15) is 10.0 Å². The molecule has 15 heavy (non-hydrogen) atoms. The molecule has 78 valence electrons. The van der Waals surface area contributed by atoms with E-state index in [4.69, 9.17) is 22.4 Å². The van der Waals surface area contributed by atoms with Crippen LogP contribution in [0.1, 0.15) is 10.5 Å². The average molecular weight is 261 g/mol. The molecule has 2 aromatic heterocycles. The van der Waals surface area contributed by atoms with Crippen LogP contribution in [0.4, 0.5) is 5.00 Å². The molecule has 0 saturated heterocycles. The van der Waals surface area contributed by atoms with Gasteiger partial charge in [0.15, 0.2) is 5.69 Å². The van der Waals surface area contributed by atoms with Crippen LogP contribution in [0.5, 0.6) is 0 Å². The quantitative estimate of drug-likeness (QED) is 0.871. The number of hydrogen-bond donors (Lipinski definition) is 2. The van der Waals surface area contributed by atoms with E-state index in [1.807, 2.05) is 5.38 Å². The van der Waals surface area contributed by atoms with Crippen LogP contribution in [0.25, 0.3) is 9.88 Å². The van der Waals surface area contributed by atoms with E-state index < -0.39 is 5.97 Å². The van der Waals surface area contributed by atoms with Crippen LogP contribution in [0, 0.1) is 0 Å². The number of thiazole rings is 1. The Bertz CT molecular complexity index is 520. The van der Waals surface area contributed by atoms with Crippen LogP contribution < -0.4 is 5.73 Å². The van der Waals surface area contributed by atoms with E-state index in [1.165, 1.54) is 11.3 Å². The minimum absolute atomic E-state index is 0.112. The first-order valence-electron chi connectivity index (χ1n) is 3.82. The first-order chi connectivity index (χ1) is 7.09. The third kappa shape index (κ3) is 1.83. The van der Waals surface area contributed by atoms with E-state index >= 15 is 0 Å². The van der Waals surface area contributed by atoms with Gasteiger partial charge in [-0.25, -0.2) is 9.78 Å². The molecule has 0 unspecified atom stereocenters. The smallest absolute Gasteiger partial charge is 0.357 e. The zero-order chi connectivity index (χ0) is 11.0. The lowest BCUT2D eigenvalue weighted by Gasteiger charge is -1.89. The van der Waals surface area contributed by atoms with Crippen LogP contribution in [0.3, 0.4) is 0 Å². The fraction of sp³-hybridized carbons (Fsp3) is 0. The molecule has 0 radical (unpaired) electrons. The number of halogens is 1. The highest BCUT2D eigenvalue weighted by Gasteiger charge is 2.17. The molecule has 0 amide bonds. The van der Waals surface area contributed by atoms with Crippen molar-refractivity contribution in [3.8, 4) is 9.88 Å². The zero-order valence-corrected chi connectivity index (χ0v) is 9.62. The van der Waals surface area contributed by atoms with Crippen molar-refractivity contribution in [3.63, 3.8) is 0 Å². The Hall–Kier alpha value is -1.11. The number of nitrogen functional groups attached to an aromatic ring is 1. The van der Waals surface area contributed by atoms with Gasteiger partial charge in [-0.3, -0.25) is 0 Å². The molecule has 0 bridgehead atoms. The zero-order valence-electron chi connectivity index (χ0n) is 7.23. The Balaban J connectivity index is 2.52. The van der Waals surface area contributed by atoms with Crippen LogP contribution in [-0.2, 0) is 0 Å². The highest BCUT2D eigenvalue weighted by Crippen LogP contribution is 2.37. The molecular formula is C8H5ClN2O2S2. The summed E-state index contributed by atoms with van der Waals surface area (Å²) in [7, 11) is 0. The first-order valence-corrected chi connectivity index (χ1v) is 5.90. The van der Waals surface area contributed by atoms with Gasteiger partial charge in [0.2, 0.25) is 0 Å². The molecule has 3 N–H and O–H groups in total. The minimum Gasteiger partial charge on any atom is -0.476 e. The van der Waals surface area contributed by atoms with Crippen molar-refractivity contribution in [1.29, 1.82) is 0 Å². The number of aromatic nitrogens is 1. The minimum atomic E-state index is -1.12. The predicted octanol–water partition coefficient (Wildman–Crippen LogP) is 2.81. The van der Waals surface area contributed by atoms with Crippen LogP contribution >= 0.6 is 34.3 Å². The molecule has 7 heteroatoms. The van der Waals surface area contributed by atoms with E-state index in [0.717, 1.165) is 16.2 Å². The standard InChI is InChI=1S/C8H5ClN2O2S2/c9-3-1-2-14-5(3)7-11-4(8(12)13)6(10)15-7/h1-2H,10H2,(H,12,13). The van der Waals surface area contributed by atoms with Gasteiger partial charge in [-0.05, 0) is 11.4 Å². The summed E-state index contributed by atoms with van der Waals surface area (Å²) in [6.07, 6.45) is 0. The molecule has 4 nitrogen and oxygen atoms in total. The predicted molar refractivity (Wildman–Crippen MR) is 61.8 cm³/mol. The number of nitrogens with zero attached hydrogens (tertiary/aromatic N) is 1. The maximum absolute atomic E-state index is 10.7.